The van der Waals surface area contributed by atoms with Gasteiger partial charge in [-0.25, -0.2) is 13.2 Å². The fourth-order valence-electron chi connectivity index (χ4n) is 0.855. The predicted molar refractivity (Wildman–Crippen MR) is 42.4 cm³/mol. The van der Waals surface area contributed by atoms with Gasteiger partial charge in [0.2, 0.25) is 0 Å². The highest BCUT2D eigenvalue weighted by molar-refractivity contribution is 5.72. The molecule has 0 spiro atoms. The van der Waals surface area contributed by atoms with Crippen molar-refractivity contribution in [1.29, 1.82) is 0 Å². The van der Waals surface area contributed by atoms with E-state index in [1.54, 1.807) is 0 Å². The first-order valence-electron chi connectivity index (χ1n) is 3.61. The molecular weight excluding hydrogens is 199 g/mol. The number of nitrogens with one attached hydrogen (secondary N) is 1. The average Bonchev–Trinajstić information content (AvgIpc) is 2.08. The lowest BCUT2D eigenvalue weighted by atomic mass is 10.3. The second-order valence-electron chi connectivity index (χ2n) is 2.50. The summed E-state index contributed by atoms with van der Waals surface area (Å²) >= 11 is 0. The SMILES string of the molecule is O=C(O)CNc1cc(F)cc(F)c1F. The van der Waals surface area contributed by atoms with Crippen LogP contribution in [0.25, 0.3) is 0 Å². The molecule has 0 atom stereocenters. The molecule has 1 aromatic carbocycles. The summed E-state index contributed by atoms with van der Waals surface area (Å²) in [6.07, 6.45) is 0. The molecule has 0 aliphatic rings. The zero-order chi connectivity index (χ0) is 10.7. The molecule has 1 aromatic rings. The van der Waals surface area contributed by atoms with Gasteiger partial charge in [0.15, 0.2) is 11.6 Å². The van der Waals surface area contributed by atoms with Gasteiger partial charge < -0.3 is 10.4 Å². The predicted octanol–water partition coefficient (Wildman–Crippen LogP) is 1.60. The highest BCUT2D eigenvalue weighted by Gasteiger charge is 2.11. The monoisotopic (exact) mass is 205 g/mol. The number of carbonyl (C=O) groups is 1. The quantitative estimate of drug-likeness (QED) is 0.737. The minimum absolute atomic E-state index is 0.376. The van der Waals surface area contributed by atoms with Crippen molar-refractivity contribution < 1.29 is 23.1 Å². The molecule has 0 heterocycles. The third-order valence-electron chi connectivity index (χ3n) is 1.42. The molecule has 2 N–H and O–H groups in total. The molecule has 0 saturated heterocycles. The van der Waals surface area contributed by atoms with Crippen LogP contribution in [0, 0.1) is 17.5 Å². The lowest BCUT2D eigenvalue weighted by molar-refractivity contribution is -0.134. The van der Waals surface area contributed by atoms with Gasteiger partial charge in [0.1, 0.15) is 12.4 Å². The summed E-state index contributed by atoms with van der Waals surface area (Å²) in [6, 6.07) is 1.06. The Balaban J connectivity index is 2.90. The summed E-state index contributed by atoms with van der Waals surface area (Å²) in [5.74, 6) is -4.89. The molecule has 0 aromatic heterocycles. The third-order valence-corrected chi connectivity index (χ3v) is 1.42. The van der Waals surface area contributed by atoms with Gasteiger partial charge in [-0.2, -0.15) is 0 Å². The Bertz CT molecular complexity index is 368. The van der Waals surface area contributed by atoms with Crippen molar-refractivity contribution in [1.82, 2.24) is 0 Å². The van der Waals surface area contributed by atoms with Crippen LogP contribution >= 0.6 is 0 Å². The number of benzene rings is 1. The van der Waals surface area contributed by atoms with E-state index in [-0.39, 0.29) is 0 Å². The molecule has 0 bridgehead atoms. The van der Waals surface area contributed by atoms with E-state index in [1.807, 2.05) is 5.32 Å². The minimum atomic E-state index is -1.36. The molecule has 0 aliphatic heterocycles. The maximum atomic E-state index is 12.8. The van der Waals surface area contributed by atoms with Crippen LogP contribution in [-0.4, -0.2) is 17.6 Å². The van der Waals surface area contributed by atoms with Crippen LogP contribution in [0.4, 0.5) is 18.9 Å². The van der Waals surface area contributed by atoms with Crippen molar-refractivity contribution in [2.45, 2.75) is 0 Å². The Hall–Kier alpha value is -1.72. The van der Waals surface area contributed by atoms with Crippen molar-refractivity contribution in [3.05, 3.63) is 29.6 Å². The summed E-state index contributed by atoms with van der Waals surface area (Å²) in [5.41, 5.74) is -0.509. The lowest BCUT2D eigenvalue weighted by Crippen LogP contribution is -2.13. The number of anilines is 1. The van der Waals surface area contributed by atoms with Gasteiger partial charge in [0.05, 0.1) is 5.69 Å². The highest BCUT2D eigenvalue weighted by Crippen LogP contribution is 2.18. The minimum Gasteiger partial charge on any atom is -0.480 e. The fourth-order valence-corrected chi connectivity index (χ4v) is 0.855. The summed E-state index contributed by atoms with van der Waals surface area (Å²) in [4.78, 5) is 10.1. The molecule has 1 rings (SSSR count). The van der Waals surface area contributed by atoms with Crippen molar-refractivity contribution >= 4 is 11.7 Å². The first-order valence-corrected chi connectivity index (χ1v) is 3.61. The first kappa shape index (κ1) is 10.4. The van der Waals surface area contributed by atoms with Crippen LogP contribution in [-0.2, 0) is 4.79 Å². The second-order valence-corrected chi connectivity index (χ2v) is 2.50. The van der Waals surface area contributed by atoms with Gasteiger partial charge in [0.25, 0.3) is 0 Å². The molecule has 0 saturated carbocycles. The van der Waals surface area contributed by atoms with Crippen LogP contribution in [0.5, 0.6) is 0 Å². The van der Waals surface area contributed by atoms with Crippen LogP contribution in [0.2, 0.25) is 0 Å². The molecule has 0 fully saturated rings. The van der Waals surface area contributed by atoms with Crippen molar-refractivity contribution in [3.8, 4) is 0 Å². The van der Waals surface area contributed by atoms with Crippen molar-refractivity contribution in [2.75, 3.05) is 11.9 Å². The lowest BCUT2D eigenvalue weighted by Gasteiger charge is -2.05. The zero-order valence-electron chi connectivity index (χ0n) is 6.85. The largest absolute Gasteiger partial charge is 0.480 e. The third kappa shape index (κ3) is 2.38. The van der Waals surface area contributed by atoms with E-state index in [4.69, 9.17) is 5.11 Å². The maximum Gasteiger partial charge on any atom is 0.322 e. The van der Waals surface area contributed by atoms with E-state index in [0.717, 1.165) is 0 Å². The number of halogens is 3. The molecule has 0 amide bonds. The molecule has 6 heteroatoms. The smallest absolute Gasteiger partial charge is 0.322 e. The van der Waals surface area contributed by atoms with Crippen LogP contribution in [0.15, 0.2) is 12.1 Å². The van der Waals surface area contributed by atoms with Crippen molar-refractivity contribution in [2.24, 2.45) is 0 Å². The summed E-state index contributed by atoms with van der Waals surface area (Å²) in [6.45, 7) is -0.611. The topological polar surface area (TPSA) is 49.3 Å². The van der Waals surface area contributed by atoms with Gasteiger partial charge in [-0.3, -0.25) is 4.79 Å². The molecule has 0 unspecified atom stereocenters. The normalized spacial score (nSPS) is 9.93. The van der Waals surface area contributed by atoms with Gasteiger partial charge >= 0.3 is 5.97 Å². The zero-order valence-corrected chi connectivity index (χ0v) is 6.85. The average molecular weight is 205 g/mol. The Labute approximate surface area is 77.2 Å². The second kappa shape index (κ2) is 3.99. The highest BCUT2D eigenvalue weighted by atomic mass is 19.2. The Morgan fingerprint density at radius 2 is 2.00 bits per heavy atom. The first-order chi connectivity index (χ1) is 6.50. The summed E-state index contributed by atoms with van der Waals surface area (Å²) in [7, 11) is 0. The van der Waals surface area contributed by atoms with E-state index in [1.165, 1.54) is 0 Å². The standard InChI is InChI=1S/C8H6F3NO2/c9-4-1-5(10)8(11)6(2-4)12-3-7(13)14/h1-2,12H,3H2,(H,13,14). The molecule has 14 heavy (non-hydrogen) atoms. The van der Waals surface area contributed by atoms with E-state index >= 15 is 0 Å². The maximum absolute atomic E-state index is 12.8. The number of aliphatic carboxylic acids is 1. The van der Waals surface area contributed by atoms with Crippen LogP contribution < -0.4 is 5.32 Å². The Kier molecular flexibility index (Phi) is 2.95. The summed E-state index contributed by atoms with van der Waals surface area (Å²) in [5, 5.41) is 10.3. The Morgan fingerprint density at radius 1 is 1.36 bits per heavy atom. The van der Waals surface area contributed by atoms with Crippen LogP contribution in [0.1, 0.15) is 0 Å². The van der Waals surface area contributed by atoms with E-state index in [9.17, 15) is 18.0 Å². The fraction of sp³-hybridized carbons (Fsp3) is 0.125. The number of hydrogen-bond acceptors (Lipinski definition) is 2. The molecule has 0 aliphatic carbocycles. The molecule has 3 nitrogen and oxygen atoms in total. The van der Waals surface area contributed by atoms with Gasteiger partial charge in [-0.05, 0) is 0 Å². The number of carboxylic acid groups (broad SMARTS) is 1. The van der Waals surface area contributed by atoms with Gasteiger partial charge in [-0.1, -0.05) is 0 Å². The molecule has 0 radical (unpaired) electrons. The molecule has 76 valence electrons. The number of hydrogen-bond donors (Lipinski definition) is 2. The number of carboxylic acids is 1. The Morgan fingerprint density at radius 3 is 2.57 bits per heavy atom. The van der Waals surface area contributed by atoms with Gasteiger partial charge in [-0.15, -0.1) is 0 Å². The molecular formula is C8H6F3NO2. The van der Waals surface area contributed by atoms with Crippen molar-refractivity contribution in [3.63, 3.8) is 0 Å². The van der Waals surface area contributed by atoms with E-state index < -0.39 is 35.7 Å². The van der Waals surface area contributed by atoms with Gasteiger partial charge in [0, 0.05) is 12.1 Å². The van der Waals surface area contributed by atoms with E-state index in [2.05, 4.69) is 0 Å². The van der Waals surface area contributed by atoms with Crippen LogP contribution in [0.3, 0.4) is 0 Å². The summed E-state index contributed by atoms with van der Waals surface area (Å²) < 4.78 is 37.9. The van der Waals surface area contributed by atoms with E-state index in [0.29, 0.717) is 12.1 Å². The number of rotatable bonds is 3.